The van der Waals surface area contributed by atoms with E-state index in [-0.39, 0.29) is 5.69 Å². The van der Waals surface area contributed by atoms with Crippen molar-refractivity contribution in [2.45, 2.75) is 39.2 Å². The van der Waals surface area contributed by atoms with E-state index in [1.165, 1.54) is 26.4 Å². The van der Waals surface area contributed by atoms with Gasteiger partial charge in [0.25, 0.3) is 0 Å². The van der Waals surface area contributed by atoms with Crippen molar-refractivity contribution >= 4 is 5.69 Å². The normalized spacial score (nSPS) is 10.4. The first-order valence-corrected chi connectivity index (χ1v) is 6.71. The smallest absolute Gasteiger partial charge is 0.311 e. The maximum atomic E-state index is 10.9. The summed E-state index contributed by atoms with van der Waals surface area (Å²) in [5.74, 6) is 0.302. The summed E-state index contributed by atoms with van der Waals surface area (Å²) in [4.78, 5) is 10.5. The van der Waals surface area contributed by atoms with Gasteiger partial charge in [-0.2, -0.15) is 0 Å². The number of methoxy groups -OCH3 is 1. The first-order chi connectivity index (χ1) is 9.19. The summed E-state index contributed by atoms with van der Waals surface area (Å²) in [5.41, 5.74) is 0.927. The highest BCUT2D eigenvalue weighted by Crippen LogP contribution is 2.27. The summed E-state index contributed by atoms with van der Waals surface area (Å²) in [6.07, 6.45) is 4.86. The minimum atomic E-state index is -0.413. The van der Waals surface area contributed by atoms with Crippen LogP contribution in [0.25, 0.3) is 0 Å². The summed E-state index contributed by atoms with van der Waals surface area (Å²) < 4.78 is 4.97. The van der Waals surface area contributed by atoms with Crippen LogP contribution in [0.5, 0.6) is 5.75 Å². The summed E-state index contributed by atoms with van der Waals surface area (Å²) in [7, 11) is 1.44. The summed E-state index contributed by atoms with van der Waals surface area (Å²) in [6.45, 7) is 3.78. The van der Waals surface area contributed by atoms with Crippen molar-refractivity contribution in [3.8, 4) is 5.75 Å². The Balaban J connectivity index is 2.46. The zero-order valence-electron chi connectivity index (χ0n) is 11.6. The van der Waals surface area contributed by atoms with Crippen LogP contribution in [0.2, 0.25) is 0 Å². The monoisotopic (exact) mass is 266 g/mol. The zero-order chi connectivity index (χ0) is 14.1. The van der Waals surface area contributed by atoms with E-state index >= 15 is 0 Å². The molecule has 1 N–H and O–H groups in total. The van der Waals surface area contributed by atoms with Gasteiger partial charge < -0.3 is 10.1 Å². The standard InChI is InChI=1S/C14H22N2O3/c1-3-4-5-6-9-15-11-12-7-8-14(19-2)13(10-12)16(17)18/h7-8,10,15H,3-6,9,11H2,1-2H3. The molecule has 0 radical (unpaired) electrons. The maximum Gasteiger partial charge on any atom is 0.311 e. The Morgan fingerprint density at radius 2 is 2.11 bits per heavy atom. The molecule has 0 atom stereocenters. The molecule has 0 heterocycles. The molecular weight excluding hydrogens is 244 g/mol. The maximum absolute atomic E-state index is 10.9. The molecular formula is C14H22N2O3. The van der Waals surface area contributed by atoms with Crippen LogP contribution >= 0.6 is 0 Å². The summed E-state index contributed by atoms with van der Waals surface area (Å²) in [5, 5.41) is 14.2. The molecule has 0 bridgehead atoms. The van der Waals surface area contributed by atoms with Gasteiger partial charge >= 0.3 is 5.69 Å². The molecule has 0 saturated heterocycles. The lowest BCUT2D eigenvalue weighted by molar-refractivity contribution is -0.385. The van der Waals surface area contributed by atoms with E-state index in [4.69, 9.17) is 4.74 Å². The molecule has 19 heavy (non-hydrogen) atoms. The number of nitrogens with one attached hydrogen (secondary N) is 1. The Labute approximate surface area is 114 Å². The van der Waals surface area contributed by atoms with Crippen LogP contribution in [0, 0.1) is 10.1 Å². The first kappa shape index (κ1) is 15.4. The number of hydrogen-bond donors (Lipinski definition) is 1. The number of rotatable bonds is 9. The third-order valence-electron chi connectivity index (χ3n) is 2.98. The van der Waals surface area contributed by atoms with Crippen molar-refractivity contribution in [2.24, 2.45) is 0 Å². The molecule has 0 aromatic heterocycles. The molecule has 0 saturated carbocycles. The van der Waals surface area contributed by atoms with Crippen molar-refractivity contribution in [1.82, 2.24) is 5.32 Å². The molecule has 1 aromatic carbocycles. The van der Waals surface area contributed by atoms with Crippen molar-refractivity contribution in [1.29, 1.82) is 0 Å². The Bertz CT molecular complexity index is 408. The fourth-order valence-corrected chi connectivity index (χ4v) is 1.90. The van der Waals surface area contributed by atoms with Gasteiger partial charge in [0.1, 0.15) is 0 Å². The molecule has 0 aliphatic heterocycles. The molecule has 0 amide bonds. The largest absolute Gasteiger partial charge is 0.490 e. The van der Waals surface area contributed by atoms with Gasteiger partial charge in [-0.3, -0.25) is 10.1 Å². The van der Waals surface area contributed by atoms with Crippen LogP contribution in [0.1, 0.15) is 38.2 Å². The highest BCUT2D eigenvalue weighted by atomic mass is 16.6. The number of benzene rings is 1. The third kappa shape index (κ3) is 5.26. The predicted octanol–water partition coefficient (Wildman–Crippen LogP) is 3.27. The van der Waals surface area contributed by atoms with Gasteiger partial charge in [-0.15, -0.1) is 0 Å². The van der Waals surface area contributed by atoms with Crippen LogP contribution in [-0.4, -0.2) is 18.6 Å². The lowest BCUT2D eigenvalue weighted by atomic mass is 10.1. The van der Waals surface area contributed by atoms with E-state index in [0.29, 0.717) is 12.3 Å². The second-order valence-corrected chi connectivity index (χ2v) is 4.50. The molecule has 0 aliphatic carbocycles. The van der Waals surface area contributed by atoms with Crippen LogP contribution in [-0.2, 0) is 6.54 Å². The fourth-order valence-electron chi connectivity index (χ4n) is 1.90. The molecule has 1 aromatic rings. The van der Waals surface area contributed by atoms with E-state index in [0.717, 1.165) is 18.5 Å². The van der Waals surface area contributed by atoms with Gasteiger partial charge in [0.15, 0.2) is 5.75 Å². The van der Waals surface area contributed by atoms with E-state index in [1.54, 1.807) is 12.1 Å². The molecule has 1 rings (SSSR count). The average Bonchev–Trinajstić information content (AvgIpc) is 2.42. The van der Waals surface area contributed by atoms with Gasteiger partial charge in [-0.25, -0.2) is 0 Å². The van der Waals surface area contributed by atoms with Gasteiger partial charge in [0.2, 0.25) is 0 Å². The molecule has 0 unspecified atom stereocenters. The van der Waals surface area contributed by atoms with Crippen LogP contribution in [0.4, 0.5) is 5.69 Å². The lowest BCUT2D eigenvalue weighted by Gasteiger charge is -2.06. The topological polar surface area (TPSA) is 64.4 Å². The van der Waals surface area contributed by atoms with Crippen molar-refractivity contribution in [3.63, 3.8) is 0 Å². The first-order valence-electron chi connectivity index (χ1n) is 6.71. The minimum absolute atomic E-state index is 0.0211. The highest BCUT2D eigenvalue weighted by molar-refractivity contribution is 5.48. The molecule has 5 heteroatoms. The van der Waals surface area contributed by atoms with Gasteiger partial charge in [-0.1, -0.05) is 32.3 Å². The van der Waals surface area contributed by atoms with Gasteiger partial charge in [0, 0.05) is 12.6 Å². The fraction of sp³-hybridized carbons (Fsp3) is 0.571. The average molecular weight is 266 g/mol. The van der Waals surface area contributed by atoms with Crippen molar-refractivity contribution < 1.29 is 9.66 Å². The summed E-state index contributed by atoms with van der Waals surface area (Å²) in [6, 6.07) is 5.06. The van der Waals surface area contributed by atoms with E-state index in [1.807, 2.05) is 6.07 Å². The second-order valence-electron chi connectivity index (χ2n) is 4.50. The molecule has 0 aliphatic rings. The number of hydrogen-bond acceptors (Lipinski definition) is 4. The molecule has 106 valence electrons. The van der Waals surface area contributed by atoms with Crippen LogP contribution in [0.15, 0.2) is 18.2 Å². The van der Waals surface area contributed by atoms with Gasteiger partial charge in [-0.05, 0) is 24.6 Å². The third-order valence-corrected chi connectivity index (χ3v) is 2.98. The Hall–Kier alpha value is -1.62. The number of nitrogens with zero attached hydrogens (tertiary/aromatic N) is 1. The highest BCUT2D eigenvalue weighted by Gasteiger charge is 2.14. The Morgan fingerprint density at radius 3 is 2.74 bits per heavy atom. The van der Waals surface area contributed by atoms with Crippen LogP contribution < -0.4 is 10.1 Å². The quantitative estimate of drug-likeness (QED) is 0.423. The molecule has 0 spiro atoms. The van der Waals surface area contributed by atoms with E-state index < -0.39 is 4.92 Å². The molecule has 0 fully saturated rings. The summed E-state index contributed by atoms with van der Waals surface area (Å²) >= 11 is 0. The van der Waals surface area contributed by atoms with Crippen LogP contribution in [0.3, 0.4) is 0 Å². The number of nitro benzene ring substituents is 1. The number of unbranched alkanes of at least 4 members (excludes halogenated alkanes) is 3. The SMILES string of the molecule is CCCCCCNCc1ccc(OC)c([N+](=O)[O-])c1. The van der Waals surface area contributed by atoms with E-state index in [9.17, 15) is 10.1 Å². The van der Waals surface area contributed by atoms with Crippen molar-refractivity contribution in [3.05, 3.63) is 33.9 Å². The second kappa shape index (κ2) is 8.48. The molecule has 5 nitrogen and oxygen atoms in total. The lowest BCUT2D eigenvalue weighted by Crippen LogP contribution is -2.14. The Morgan fingerprint density at radius 1 is 1.32 bits per heavy atom. The van der Waals surface area contributed by atoms with Crippen molar-refractivity contribution in [2.75, 3.05) is 13.7 Å². The van der Waals surface area contributed by atoms with Gasteiger partial charge in [0.05, 0.1) is 12.0 Å². The zero-order valence-corrected chi connectivity index (χ0v) is 11.6. The number of ether oxygens (including phenoxy) is 1. The number of nitro groups is 1. The predicted molar refractivity (Wildman–Crippen MR) is 75.5 cm³/mol. The van der Waals surface area contributed by atoms with E-state index in [2.05, 4.69) is 12.2 Å². The Kier molecular flexibility index (Phi) is 6.89. The minimum Gasteiger partial charge on any atom is -0.490 e.